The van der Waals surface area contributed by atoms with Gasteiger partial charge in [-0.1, -0.05) is 30.3 Å². The number of rotatable bonds is 6. The third-order valence-electron chi connectivity index (χ3n) is 5.30. The molecule has 0 N–H and O–H groups in total. The predicted molar refractivity (Wildman–Crippen MR) is 109 cm³/mol. The van der Waals surface area contributed by atoms with Crippen molar-refractivity contribution in [2.45, 2.75) is 18.8 Å². The summed E-state index contributed by atoms with van der Waals surface area (Å²) >= 11 is 0. The Bertz CT molecular complexity index is 958. The zero-order chi connectivity index (χ0) is 19.3. The number of fused-ring (bicyclic) bond motifs is 1. The summed E-state index contributed by atoms with van der Waals surface area (Å²) < 4.78 is 11.3. The Morgan fingerprint density at radius 3 is 2.82 bits per heavy atom. The van der Waals surface area contributed by atoms with E-state index in [1.54, 1.807) is 13.3 Å². The standard InChI is InChI=1S/C23H24N2O3/c1-27-19-8-9-20-21(15-19)24-12-11-22(20)28-14-13-25-16-18(7-10-23(25)26)17-5-3-2-4-6-17/h2-6,8-9,11-12,15,18H,7,10,13-14,16H2,1H3. The second-order valence-electron chi connectivity index (χ2n) is 7.03. The van der Waals surface area contributed by atoms with Crippen LogP contribution in [0.5, 0.6) is 11.5 Å². The molecule has 1 amide bonds. The average Bonchev–Trinajstić information content (AvgIpc) is 2.75. The summed E-state index contributed by atoms with van der Waals surface area (Å²) in [6.45, 7) is 1.79. The molecule has 1 aromatic heterocycles. The number of hydrogen-bond donors (Lipinski definition) is 0. The molecule has 0 radical (unpaired) electrons. The number of carbonyl (C=O) groups excluding carboxylic acids is 1. The van der Waals surface area contributed by atoms with Gasteiger partial charge in [-0.15, -0.1) is 0 Å². The molecule has 0 bridgehead atoms. The highest BCUT2D eigenvalue weighted by molar-refractivity contribution is 5.86. The number of aromatic nitrogens is 1. The molecular weight excluding hydrogens is 352 g/mol. The highest BCUT2D eigenvalue weighted by Crippen LogP contribution is 2.29. The first-order valence-corrected chi connectivity index (χ1v) is 9.63. The smallest absolute Gasteiger partial charge is 0.222 e. The zero-order valence-electron chi connectivity index (χ0n) is 16.0. The summed E-state index contributed by atoms with van der Waals surface area (Å²) in [7, 11) is 1.64. The summed E-state index contributed by atoms with van der Waals surface area (Å²) in [6.07, 6.45) is 3.24. The van der Waals surface area contributed by atoms with E-state index in [4.69, 9.17) is 9.47 Å². The molecule has 0 aliphatic carbocycles. The van der Waals surface area contributed by atoms with Crippen LogP contribution in [-0.4, -0.2) is 42.6 Å². The lowest BCUT2D eigenvalue weighted by molar-refractivity contribution is -0.134. The minimum atomic E-state index is 0.208. The van der Waals surface area contributed by atoms with Gasteiger partial charge >= 0.3 is 0 Å². The molecule has 1 unspecified atom stereocenters. The van der Waals surface area contributed by atoms with Gasteiger partial charge in [-0.2, -0.15) is 0 Å². The molecule has 0 saturated carbocycles. The molecule has 5 nitrogen and oxygen atoms in total. The number of ether oxygens (including phenoxy) is 2. The van der Waals surface area contributed by atoms with Crippen molar-refractivity contribution in [1.82, 2.24) is 9.88 Å². The number of carbonyl (C=O) groups is 1. The van der Waals surface area contributed by atoms with Gasteiger partial charge in [0.05, 0.1) is 19.2 Å². The van der Waals surface area contributed by atoms with Gasteiger partial charge in [-0.05, 0) is 30.2 Å². The fourth-order valence-corrected chi connectivity index (χ4v) is 3.75. The fourth-order valence-electron chi connectivity index (χ4n) is 3.75. The average molecular weight is 376 g/mol. The van der Waals surface area contributed by atoms with Crippen LogP contribution in [0, 0.1) is 0 Å². The lowest BCUT2D eigenvalue weighted by Crippen LogP contribution is -2.41. The van der Waals surface area contributed by atoms with Crippen molar-refractivity contribution in [3.8, 4) is 11.5 Å². The van der Waals surface area contributed by atoms with Crippen LogP contribution in [0.15, 0.2) is 60.8 Å². The maximum absolute atomic E-state index is 12.3. The SMILES string of the molecule is COc1ccc2c(OCCN3CC(c4ccccc4)CCC3=O)ccnc2c1. The Morgan fingerprint density at radius 2 is 2.00 bits per heavy atom. The van der Waals surface area contributed by atoms with Gasteiger partial charge < -0.3 is 14.4 Å². The van der Waals surface area contributed by atoms with Crippen LogP contribution in [0.3, 0.4) is 0 Å². The maximum Gasteiger partial charge on any atom is 0.222 e. The fraction of sp³-hybridized carbons (Fsp3) is 0.304. The summed E-state index contributed by atoms with van der Waals surface area (Å²) in [5.41, 5.74) is 2.13. The molecule has 2 aromatic carbocycles. The number of nitrogens with zero attached hydrogens (tertiary/aromatic N) is 2. The summed E-state index contributed by atoms with van der Waals surface area (Å²) in [4.78, 5) is 18.6. The topological polar surface area (TPSA) is 51.7 Å². The van der Waals surface area contributed by atoms with Gasteiger partial charge in [0.2, 0.25) is 5.91 Å². The Morgan fingerprint density at radius 1 is 1.14 bits per heavy atom. The number of methoxy groups -OCH3 is 1. The Hall–Kier alpha value is -3.08. The van der Waals surface area contributed by atoms with Crippen molar-refractivity contribution in [1.29, 1.82) is 0 Å². The molecule has 1 aliphatic rings. The van der Waals surface area contributed by atoms with Crippen molar-refractivity contribution < 1.29 is 14.3 Å². The molecule has 1 aliphatic heterocycles. The van der Waals surface area contributed by atoms with Crippen LogP contribution in [0.4, 0.5) is 0 Å². The van der Waals surface area contributed by atoms with E-state index in [2.05, 4.69) is 29.2 Å². The Balaban J connectivity index is 1.40. The normalized spacial score (nSPS) is 17.0. The van der Waals surface area contributed by atoms with E-state index in [1.807, 2.05) is 35.2 Å². The van der Waals surface area contributed by atoms with Gasteiger partial charge in [0.25, 0.3) is 0 Å². The predicted octanol–water partition coefficient (Wildman–Crippen LogP) is 4.03. The number of piperidine rings is 1. The van der Waals surface area contributed by atoms with Gasteiger partial charge in [-0.25, -0.2) is 0 Å². The molecule has 28 heavy (non-hydrogen) atoms. The molecule has 3 aromatic rings. The van der Waals surface area contributed by atoms with E-state index in [9.17, 15) is 4.79 Å². The number of amides is 1. The molecule has 4 rings (SSSR count). The minimum absolute atomic E-state index is 0.208. The maximum atomic E-state index is 12.3. The zero-order valence-corrected chi connectivity index (χ0v) is 16.0. The first kappa shape index (κ1) is 18.3. The van der Waals surface area contributed by atoms with Gasteiger partial charge in [-0.3, -0.25) is 9.78 Å². The monoisotopic (exact) mass is 376 g/mol. The van der Waals surface area contributed by atoms with Gasteiger partial charge in [0.15, 0.2) is 0 Å². The van der Waals surface area contributed by atoms with Crippen LogP contribution in [-0.2, 0) is 4.79 Å². The first-order chi connectivity index (χ1) is 13.7. The van der Waals surface area contributed by atoms with Crippen LogP contribution < -0.4 is 9.47 Å². The largest absolute Gasteiger partial charge is 0.497 e. The molecular formula is C23H24N2O3. The van der Waals surface area contributed by atoms with E-state index in [1.165, 1.54) is 5.56 Å². The van der Waals surface area contributed by atoms with Crippen LogP contribution in [0.2, 0.25) is 0 Å². The lowest BCUT2D eigenvalue weighted by Gasteiger charge is -2.32. The van der Waals surface area contributed by atoms with Crippen LogP contribution >= 0.6 is 0 Å². The van der Waals surface area contributed by atoms with E-state index >= 15 is 0 Å². The Labute approximate surface area is 164 Å². The molecule has 144 valence electrons. The molecule has 2 heterocycles. The molecule has 1 saturated heterocycles. The number of pyridine rings is 1. The third-order valence-corrected chi connectivity index (χ3v) is 5.30. The Kier molecular flexibility index (Phi) is 5.42. The molecule has 1 atom stereocenters. The van der Waals surface area contributed by atoms with Crippen molar-refractivity contribution in [2.75, 3.05) is 26.8 Å². The second-order valence-corrected chi connectivity index (χ2v) is 7.03. The number of likely N-dealkylation sites (tertiary alicyclic amines) is 1. The van der Waals surface area contributed by atoms with Crippen molar-refractivity contribution in [3.63, 3.8) is 0 Å². The van der Waals surface area contributed by atoms with Crippen molar-refractivity contribution >= 4 is 16.8 Å². The first-order valence-electron chi connectivity index (χ1n) is 9.63. The van der Waals surface area contributed by atoms with Crippen LogP contribution in [0.25, 0.3) is 10.9 Å². The lowest BCUT2D eigenvalue weighted by atomic mass is 9.90. The highest BCUT2D eigenvalue weighted by Gasteiger charge is 2.26. The third kappa shape index (κ3) is 3.93. The van der Waals surface area contributed by atoms with Gasteiger partial charge in [0.1, 0.15) is 18.1 Å². The van der Waals surface area contributed by atoms with Gasteiger partial charge in [0, 0.05) is 36.5 Å². The number of benzene rings is 2. The summed E-state index contributed by atoms with van der Waals surface area (Å²) in [6, 6.07) is 18.0. The molecule has 0 spiro atoms. The number of hydrogen-bond acceptors (Lipinski definition) is 4. The van der Waals surface area contributed by atoms with Crippen molar-refractivity contribution in [2.24, 2.45) is 0 Å². The summed E-state index contributed by atoms with van der Waals surface area (Å²) in [5, 5.41) is 0.940. The quantitative estimate of drug-likeness (QED) is 0.652. The van der Waals surface area contributed by atoms with E-state index in [0.717, 1.165) is 35.4 Å². The van der Waals surface area contributed by atoms with E-state index in [-0.39, 0.29) is 5.91 Å². The van der Waals surface area contributed by atoms with Crippen molar-refractivity contribution in [3.05, 3.63) is 66.4 Å². The molecule has 1 fully saturated rings. The van der Waals surface area contributed by atoms with Crippen LogP contribution in [0.1, 0.15) is 24.3 Å². The van der Waals surface area contributed by atoms with E-state index in [0.29, 0.717) is 25.5 Å². The molecule has 5 heteroatoms. The second kappa shape index (κ2) is 8.30. The highest BCUT2D eigenvalue weighted by atomic mass is 16.5. The summed E-state index contributed by atoms with van der Waals surface area (Å²) in [5.74, 6) is 2.15. The van der Waals surface area contributed by atoms with E-state index < -0.39 is 0 Å². The minimum Gasteiger partial charge on any atom is -0.497 e.